The molecule has 0 aliphatic heterocycles. The van der Waals surface area contributed by atoms with Gasteiger partial charge in [-0.2, -0.15) is 0 Å². The van der Waals surface area contributed by atoms with Crippen LogP contribution in [0.2, 0.25) is 0 Å². The largest absolute Gasteiger partial charge is 0.493 e. The molecule has 12 heavy (non-hydrogen) atoms. The molecule has 0 saturated heterocycles. The zero-order chi connectivity index (χ0) is 8.55. The lowest BCUT2D eigenvalue weighted by atomic mass is 10.1. The highest BCUT2D eigenvalue weighted by molar-refractivity contribution is 5.85. The molecule has 2 rings (SSSR count). The highest BCUT2D eigenvalue weighted by atomic mass is 16.5. The molecule has 0 spiro atoms. The molecule has 62 valence electrons. The third kappa shape index (κ3) is 0.881. The molecule has 2 nitrogen and oxygen atoms in total. The van der Waals surface area contributed by atoms with Crippen molar-refractivity contribution in [3.05, 3.63) is 30.0 Å². The maximum absolute atomic E-state index is 5.30. The number of ether oxygens (including phenoxy) is 1. The Balaban J connectivity index is 2.82. The van der Waals surface area contributed by atoms with Crippen LogP contribution in [0.1, 0.15) is 5.56 Å². The summed E-state index contributed by atoms with van der Waals surface area (Å²) < 4.78 is 10.4. The number of furan rings is 1. The number of hydrogen-bond donors (Lipinski definition) is 0. The summed E-state index contributed by atoms with van der Waals surface area (Å²) in [4.78, 5) is 0. The summed E-state index contributed by atoms with van der Waals surface area (Å²) in [6.07, 6.45) is 1.68. The monoisotopic (exact) mass is 162 g/mol. The maximum atomic E-state index is 5.30. The second kappa shape index (κ2) is 2.55. The standard InChI is InChI=1S/C10H10O2/c1-7-3-4-9(11-2)10-8(7)5-6-12-10/h3-6H,1-2H3. The van der Waals surface area contributed by atoms with E-state index in [4.69, 9.17) is 9.15 Å². The molecule has 0 unspecified atom stereocenters. The van der Waals surface area contributed by atoms with Crippen LogP contribution in [0.4, 0.5) is 0 Å². The first-order chi connectivity index (χ1) is 5.83. The Morgan fingerprint density at radius 3 is 2.83 bits per heavy atom. The summed E-state index contributed by atoms with van der Waals surface area (Å²) in [5, 5.41) is 1.12. The summed E-state index contributed by atoms with van der Waals surface area (Å²) >= 11 is 0. The topological polar surface area (TPSA) is 22.4 Å². The van der Waals surface area contributed by atoms with Crippen molar-refractivity contribution in [1.82, 2.24) is 0 Å². The van der Waals surface area contributed by atoms with Crippen molar-refractivity contribution in [2.45, 2.75) is 6.92 Å². The Morgan fingerprint density at radius 1 is 1.25 bits per heavy atom. The molecule has 0 N–H and O–H groups in total. The zero-order valence-corrected chi connectivity index (χ0v) is 7.13. The molecule has 1 heterocycles. The zero-order valence-electron chi connectivity index (χ0n) is 7.13. The van der Waals surface area contributed by atoms with Crippen LogP contribution in [0.15, 0.2) is 28.9 Å². The molecule has 0 bridgehead atoms. The van der Waals surface area contributed by atoms with Crippen LogP contribution in [-0.2, 0) is 0 Å². The van der Waals surface area contributed by atoms with E-state index in [2.05, 4.69) is 6.92 Å². The van der Waals surface area contributed by atoms with Gasteiger partial charge < -0.3 is 9.15 Å². The van der Waals surface area contributed by atoms with Gasteiger partial charge in [0.2, 0.25) is 0 Å². The van der Waals surface area contributed by atoms with Gasteiger partial charge in [0.25, 0.3) is 0 Å². The van der Waals surface area contributed by atoms with Crippen molar-refractivity contribution >= 4 is 11.0 Å². The Labute approximate surface area is 70.8 Å². The smallest absolute Gasteiger partial charge is 0.175 e. The lowest BCUT2D eigenvalue weighted by Gasteiger charge is -2.01. The van der Waals surface area contributed by atoms with Crippen LogP contribution in [0.25, 0.3) is 11.0 Å². The molecule has 2 aromatic rings. The van der Waals surface area contributed by atoms with Gasteiger partial charge in [-0.05, 0) is 24.6 Å². The van der Waals surface area contributed by atoms with Crippen molar-refractivity contribution in [2.24, 2.45) is 0 Å². The Kier molecular flexibility index (Phi) is 1.54. The molecule has 0 radical (unpaired) electrons. The first kappa shape index (κ1) is 7.22. The van der Waals surface area contributed by atoms with E-state index in [9.17, 15) is 0 Å². The molecule has 1 aromatic carbocycles. The summed E-state index contributed by atoms with van der Waals surface area (Å²) in [7, 11) is 1.65. The van der Waals surface area contributed by atoms with Gasteiger partial charge in [0, 0.05) is 5.39 Å². The van der Waals surface area contributed by atoms with E-state index >= 15 is 0 Å². The lowest BCUT2D eigenvalue weighted by molar-refractivity contribution is 0.410. The Hall–Kier alpha value is -1.44. The molecule has 0 saturated carbocycles. The van der Waals surface area contributed by atoms with Crippen molar-refractivity contribution in [3.8, 4) is 5.75 Å². The number of benzene rings is 1. The van der Waals surface area contributed by atoms with Crippen molar-refractivity contribution in [1.29, 1.82) is 0 Å². The van der Waals surface area contributed by atoms with Gasteiger partial charge >= 0.3 is 0 Å². The molecule has 0 aliphatic carbocycles. The first-order valence-corrected chi connectivity index (χ1v) is 3.83. The van der Waals surface area contributed by atoms with E-state index in [-0.39, 0.29) is 0 Å². The maximum Gasteiger partial charge on any atom is 0.175 e. The minimum absolute atomic E-state index is 0.792. The fourth-order valence-electron chi connectivity index (χ4n) is 1.34. The summed E-state index contributed by atoms with van der Waals surface area (Å²) in [5.41, 5.74) is 2.04. The van der Waals surface area contributed by atoms with Crippen molar-refractivity contribution in [2.75, 3.05) is 7.11 Å². The number of hydrogen-bond acceptors (Lipinski definition) is 2. The molecule has 0 atom stereocenters. The minimum Gasteiger partial charge on any atom is -0.493 e. The minimum atomic E-state index is 0.792. The number of methoxy groups -OCH3 is 1. The summed E-state index contributed by atoms with van der Waals surface area (Å²) in [6, 6.07) is 5.89. The Morgan fingerprint density at radius 2 is 2.08 bits per heavy atom. The molecule has 0 aliphatic rings. The highest BCUT2D eigenvalue weighted by Gasteiger charge is 2.05. The third-order valence-corrected chi connectivity index (χ3v) is 2.02. The second-order valence-electron chi connectivity index (χ2n) is 2.75. The number of rotatable bonds is 1. The van der Waals surface area contributed by atoms with E-state index in [1.807, 2.05) is 18.2 Å². The molecule has 2 heteroatoms. The van der Waals surface area contributed by atoms with E-state index < -0.39 is 0 Å². The quantitative estimate of drug-likeness (QED) is 0.643. The van der Waals surface area contributed by atoms with Gasteiger partial charge in [0.05, 0.1) is 13.4 Å². The van der Waals surface area contributed by atoms with Crippen LogP contribution in [-0.4, -0.2) is 7.11 Å². The average molecular weight is 162 g/mol. The van der Waals surface area contributed by atoms with Gasteiger partial charge in [-0.1, -0.05) is 6.07 Å². The molecular weight excluding hydrogens is 152 g/mol. The van der Waals surface area contributed by atoms with Crippen LogP contribution in [0.3, 0.4) is 0 Å². The van der Waals surface area contributed by atoms with Gasteiger partial charge in [-0.15, -0.1) is 0 Å². The van der Waals surface area contributed by atoms with Gasteiger partial charge in [0.1, 0.15) is 0 Å². The molecule has 0 amide bonds. The van der Waals surface area contributed by atoms with Crippen molar-refractivity contribution in [3.63, 3.8) is 0 Å². The summed E-state index contributed by atoms with van der Waals surface area (Å²) in [5.74, 6) is 0.792. The number of aryl methyl sites for hydroxylation is 1. The van der Waals surface area contributed by atoms with E-state index in [0.717, 1.165) is 16.7 Å². The summed E-state index contributed by atoms with van der Waals surface area (Å²) in [6.45, 7) is 2.05. The van der Waals surface area contributed by atoms with Gasteiger partial charge in [-0.25, -0.2) is 0 Å². The highest BCUT2D eigenvalue weighted by Crippen LogP contribution is 2.28. The van der Waals surface area contributed by atoms with Gasteiger partial charge in [-0.3, -0.25) is 0 Å². The predicted octanol–water partition coefficient (Wildman–Crippen LogP) is 2.75. The van der Waals surface area contributed by atoms with Crippen LogP contribution in [0.5, 0.6) is 5.75 Å². The van der Waals surface area contributed by atoms with Crippen LogP contribution in [0, 0.1) is 6.92 Å². The lowest BCUT2D eigenvalue weighted by Crippen LogP contribution is -1.83. The normalized spacial score (nSPS) is 10.5. The molecular formula is C10H10O2. The second-order valence-corrected chi connectivity index (χ2v) is 2.75. The fraction of sp³-hybridized carbons (Fsp3) is 0.200. The molecule has 0 fully saturated rings. The van der Waals surface area contributed by atoms with E-state index in [0.29, 0.717) is 0 Å². The van der Waals surface area contributed by atoms with Gasteiger partial charge in [0.15, 0.2) is 11.3 Å². The Bertz CT molecular complexity index is 401. The number of fused-ring (bicyclic) bond motifs is 1. The van der Waals surface area contributed by atoms with E-state index in [1.165, 1.54) is 5.56 Å². The molecule has 1 aromatic heterocycles. The average Bonchev–Trinajstić information content (AvgIpc) is 2.54. The van der Waals surface area contributed by atoms with E-state index in [1.54, 1.807) is 13.4 Å². The SMILES string of the molecule is COc1ccc(C)c2ccoc12. The fourth-order valence-corrected chi connectivity index (χ4v) is 1.34. The van der Waals surface area contributed by atoms with Crippen LogP contribution < -0.4 is 4.74 Å². The van der Waals surface area contributed by atoms with Crippen LogP contribution >= 0.6 is 0 Å². The van der Waals surface area contributed by atoms with Crippen molar-refractivity contribution < 1.29 is 9.15 Å². The third-order valence-electron chi connectivity index (χ3n) is 2.02. The first-order valence-electron chi connectivity index (χ1n) is 3.83. The predicted molar refractivity (Wildman–Crippen MR) is 47.5 cm³/mol.